The topological polar surface area (TPSA) is 54.4 Å². The van der Waals surface area contributed by atoms with Gasteiger partial charge in [-0.1, -0.05) is 20.8 Å². The Morgan fingerprint density at radius 2 is 1.73 bits per heavy atom. The van der Waals surface area contributed by atoms with Crippen molar-refractivity contribution in [2.45, 2.75) is 27.2 Å². The Morgan fingerprint density at radius 3 is 2.00 bits per heavy atom. The predicted octanol–water partition coefficient (Wildman–Crippen LogP) is 1.32. The van der Waals surface area contributed by atoms with E-state index >= 15 is 0 Å². The zero-order valence-corrected chi connectivity index (χ0v) is 7.13. The number of Topliss-reactive ketones (excluding diaryl/α,β-unsaturated/α-hetero) is 1. The van der Waals surface area contributed by atoms with E-state index in [1.807, 2.05) is 20.8 Å². The molecule has 3 nitrogen and oxygen atoms in total. The molecule has 0 aliphatic rings. The lowest BCUT2D eigenvalue weighted by Crippen LogP contribution is -2.18. The predicted molar refractivity (Wildman–Crippen MR) is 41.3 cm³/mol. The molecule has 0 amide bonds. The summed E-state index contributed by atoms with van der Waals surface area (Å²) in [5.41, 5.74) is 0. The molecule has 64 valence electrons. The van der Waals surface area contributed by atoms with Crippen molar-refractivity contribution in [3.8, 4) is 0 Å². The molecule has 3 heteroatoms. The summed E-state index contributed by atoms with van der Waals surface area (Å²) in [6.07, 6.45) is 0.146. The van der Waals surface area contributed by atoms with Crippen molar-refractivity contribution in [3.63, 3.8) is 0 Å². The number of aliphatic carboxylic acids is 1. The average molecular weight is 158 g/mol. The Bertz CT molecular complexity index is 161. The van der Waals surface area contributed by atoms with E-state index in [4.69, 9.17) is 5.11 Å². The highest BCUT2D eigenvalue weighted by Crippen LogP contribution is 2.13. The first kappa shape index (κ1) is 10.1. The Morgan fingerprint density at radius 1 is 1.27 bits per heavy atom. The molecule has 0 saturated carbocycles. The Kier molecular flexibility index (Phi) is 3.79. The number of carbonyl (C=O) groups is 2. The fourth-order valence-electron chi connectivity index (χ4n) is 0.615. The molecule has 0 saturated heterocycles. The van der Waals surface area contributed by atoms with Crippen LogP contribution in [-0.4, -0.2) is 16.9 Å². The lowest BCUT2D eigenvalue weighted by atomic mass is 9.93. The number of carboxylic acids is 1. The van der Waals surface area contributed by atoms with Crippen LogP contribution in [0.3, 0.4) is 0 Å². The minimum Gasteiger partial charge on any atom is -0.476 e. The Hall–Kier alpha value is -0.860. The second-order valence-corrected chi connectivity index (χ2v) is 3.15. The van der Waals surface area contributed by atoms with Crippen LogP contribution >= 0.6 is 0 Å². The van der Waals surface area contributed by atoms with Gasteiger partial charge in [0.2, 0.25) is 5.78 Å². The SMILES string of the molecule is CC(C)C(C)CC(=O)C(=O)O. The van der Waals surface area contributed by atoms with Crippen molar-refractivity contribution in [1.82, 2.24) is 0 Å². The van der Waals surface area contributed by atoms with Gasteiger partial charge in [0.1, 0.15) is 0 Å². The summed E-state index contributed by atoms with van der Waals surface area (Å²) in [4.78, 5) is 20.8. The molecular weight excluding hydrogens is 144 g/mol. The molecule has 0 bridgehead atoms. The van der Waals surface area contributed by atoms with Crippen LogP contribution in [0.1, 0.15) is 27.2 Å². The fourth-order valence-corrected chi connectivity index (χ4v) is 0.615. The van der Waals surface area contributed by atoms with Crippen LogP contribution in [0.2, 0.25) is 0 Å². The van der Waals surface area contributed by atoms with Crippen molar-refractivity contribution in [2.24, 2.45) is 11.8 Å². The molecule has 0 radical (unpaired) electrons. The highest BCUT2D eigenvalue weighted by Gasteiger charge is 2.17. The van der Waals surface area contributed by atoms with Crippen LogP contribution in [0.4, 0.5) is 0 Å². The zero-order valence-electron chi connectivity index (χ0n) is 7.13. The van der Waals surface area contributed by atoms with Crippen molar-refractivity contribution in [1.29, 1.82) is 0 Å². The lowest BCUT2D eigenvalue weighted by molar-refractivity contribution is -0.149. The highest BCUT2D eigenvalue weighted by molar-refractivity contribution is 6.32. The second-order valence-electron chi connectivity index (χ2n) is 3.15. The Balaban J connectivity index is 3.85. The molecule has 1 N–H and O–H groups in total. The number of ketones is 1. The second kappa shape index (κ2) is 4.11. The van der Waals surface area contributed by atoms with Gasteiger partial charge in [-0.05, 0) is 11.8 Å². The number of rotatable bonds is 4. The lowest BCUT2D eigenvalue weighted by Gasteiger charge is -2.12. The van der Waals surface area contributed by atoms with Crippen molar-refractivity contribution < 1.29 is 14.7 Å². The standard InChI is InChI=1S/C8H14O3/c1-5(2)6(3)4-7(9)8(10)11/h5-6H,4H2,1-3H3,(H,10,11). The molecule has 0 aromatic heterocycles. The summed E-state index contributed by atoms with van der Waals surface area (Å²) >= 11 is 0. The molecular formula is C8H14O3. The summed E-state index contributed by atoms with van der Waals surface area (Å²) in [5.74, 6) is -1.50. The molecule has 0 fully saturated rings. The molecule has 0 aliphatic heterocycles. The molecule has 1 unspecified atom stereocenters. The number of carboxylic acid groups (broad SMARTS) is 1. The van der Waals surface area contributed by atoms with E-state index in [9.17, 15) is 9.59 Å². The number of hydrogen-bond acceptors (Lipinski definition) is 2. The monoisotopic (exact) mass is 158 g/mol. The zero-order chi connectivity index (χ0) is 9.02. The van der Waals surface area contributed by atoms with E-state index in [1.165, 1.54) is 0 Å². The third kappa shape index (κ3) is 3.75. The smallest absolute Gasteiger partial charge is 0.372 e. The maximum absolute atomic E-state index is 10.7. The molecule has 0 rings (SSSR count). The van der Waals surface area contributed by atoms with E-state index in [0.29, 0.717) is 5.92 Å². The van der Waals surface area contributed by atoms with Crippen LogP contribution in [-0.2, 0) is 9.59 Å². The van der Waals surface area contributed by atoms with Gasteiger partial charge < -0.3 is 5.11 Å². The Labute approximate surface area is 66.4 Å². The quantitative estimate of drug-likeness (QED) is 0.628. The van der Waals surface area contributed by atoms with Gasteiger partial charge in [0, 0.05) is 6.42 Å². The highest BCUT2D eigenvalue weighted by atomic mass is 16.4. The molecule has 0 aromatic carbocycles. The van der Waals surface area contributed by atoms with Gasteiger partial charge in [-0.15, -0.1) is 0 Å². The van der Waals surface area contributed by atoms with Gasteiger partial charge in [-0.25, -0.2) is 4.79 Å². The number of carbonyl (C=O) groups excluding carboxylic acids is 1. The largest absolute Gasteiger partial charge is 0.476 e. The third-order valence-corrected chi connectivity index (χ3v) is 1.88. The van der Waals surface area contributed by atoms with Crippen LogP contribution in [0.25, 0.3) is 0 Å². The van der Waals surface area contributed by atoms with Crippen molar-refractivity contribution in [3.05, 3.63) is 0 Å². The molecule has 11 heavy (non-hydrogen) atoms. The van der Waals surface area contributed by atoms with E-state index in [1.54, 1.807) is 0 Å². The van der Waals surface area contributed by atoms with Gasteiger partial charge in [0.05, 0.1) is 0 Å². The first-order valence-electron chi connectivity index (χ1n) is 3.71. The summed E-state index contributed by atoms with van der Waals surface area (Å²) in [7, 11) is 0. The normalized spacial score (nSPS) is 13.1. The minimum absolute atomic E-state index is 0.146. The van der Waals surface area contributed by atoms with Crippen LogP contribution < -0.4 is 0 Å². The van der Waals surface area contributed by atoms with E-state index in [-0.39, 0.29) is 12.3 Å². The first-order valence-corrected chi connectivity index (χ1v) is 3.71. The molecule has 0 aromatic rings. The van der Waals surface area contributed by atoms with Crippen molar-refractivity contribution >= 4 is 11.8 Å². The van der Waals surface area contributed by atoms with E-state index < -0.39 is 11.8 Å². The van der Waals surface area contributed by atoms with E-state index in [0.717, 1.165) is 0 Å². The third-order valence-electron chi connectivity index (χ3n) is 1.88. The summed E-state index contributed by atoms with van der Waals surface area (Å²) in [6, 6.07) is 0. The molecule has 0 aliphatic carbocycles. The molecule has 1 atom stereocenters. The summed E-state index contributed by atoms with van der Waals surface area (Å²) in [5, 5.41) is 8.26. The van der Waals surface area contributed by atoms with Crippen LogP contribution in [0.15, 0.2) is 0 Å². The molecule has 0 spiro atoms. The first-order chi connectivity index (χ1) is 4.95. The summed E-state index contributed by atoms with van der Waals surface area (Å²) < 4.78 is 0. The van der Waals surface area contributed by atoms with E-state index in [2.05, 4.69) is 0 Å². The van der Waals surface area contributed by atoms with Gasteiger partial charge in [-0.2, -0.15) is 0 Å². The van der Waals surface area contributed by atoms with Gasteiger partial charge in [0.25, 0.3) is 0 Å². The van der Waals surface area contributed by atoms with Gasteiger partial charge in [0.15, 0.2) is 0 Å². The average Bonchev–Trinajstić information content (AvgIpc) is 1.87. The van der Waals surface area contributed by atoms with Crippen molar-refractivity contribution in [2.75, 3.05) is 0 Å². The van der Waals surface area contributed by atoms with Crippen LogP contribution in [0.5, 0.6) is 0 Å². The molecule has 0 heterocycles. The van der Waals surface area contributed by atoms with Gasteiger partial charge >= 0.3 is 5.97 Å². The fraction of sp³-hybridized carbons (Fsp3) is 0.750. The van der Waals surface area contributed by atoms with Gasteiger partial charge in [-0.3, -0.25) is 4.79 Å². The minimum atomic E-state index is -1.32. The number of hydrogen-bond donors (Lipinski definition) is 1. The maximum Gasteiger partial charge on any atom is 0.372 e. The maximum atomic E-state index is 10.7. The van der Waals surface area contributed by atoms with Crippen LogP contribution in [0, 0.1) is 11.8 Å². The summed E-state index contributed by atoms with van der Waals surface area (Å²) in [6.45, 7) is 5.82.